The third kappa shape index (κ3) is 5.52. The van der Waals surface area contributed by atoms with Gasteiger partial charge in [-0.2, -0.15) is 4.39 Å². The van der Waals surface area contributed by atoms with Crippen LogP contribution in [0.25, 0.3) is 0 Å². The summed E-state index contributed by atoms with van der Waals surface area (Å²) in [5, 5.41) is 10.8. The number of halogens is 1. The number of nitro groups is 1. The summed E-state index contributed by atoms with van der Waals surface area (Å²) >= 11 is 0. The van der Waals surface area contributed by atoms with Crippen LogP contribution in [0.1, 0.15) is 95.5 Å². The van der Waals surface area contributed by atoms with Crippen molar-refractivity contribution in [1.29, 1.82) is 0 Å². The Hall–Kier alpha value is -1.45. The van der Waals surface area contributed by atoms with E-state index >= 15 is 0 Å². The Morgan fingerprint density at radius 3 is 1.93 bits per heavy atom. The summed E-state index contributed by atoms with van der Waals surface area (Å²) in [4.78, 5) is 10.1. The van der Waals surface area contributed by atoms with Crippen LogP contribution in [0.5, 0.6) is 0 Å². The van der Waals surface area contributed by atoms with Gasteiger partial charge in [-0.3, -0.25) is 10.1 Å². The predicted octanol–water partition coefficient (Wildman–Crippen LogP) is 7.39. The topological polar surface area (TPSA) is 43.1 Å². The van der Waals surface area contributed by atoms with Crippen molar-refractivity contribution in [2.24, 2.45) is 17.8 Å². The van der Waals surface area contributed by atoms with Gasteiger partial charge in [0.1, 0.15) is 0 Å². The number of hydrogen-bond donors (Lipinski definition) is 0. The van der Waals surface area contributed by atoms with Crippen molar-refractivity contribution in [2.45, 2.75) is 89.9 Å². The van der Waals surface area contributed by atoms with Crippen molar-refractivity contribution in [3.8, 4) is 0 Å². The van der Waals surface area contributed by atoms with E-state index in [9.17, 15) is 14.5 Å². The molecule has 0 radical (unpaired) electrons. The lowest BCUT2D eigenvalue weighted by Gasteiger charge is -2.32. The molecule has 0 N–H and O–H groups in total. The highest BCUT2D eigenvalue weighted by atomic mass is 19.1. The minimum Gasteiger partial charge on any atom is -0.258 e. The molecule has 0 bridgehead atoms. The molecule has 2 fully saturated rings. The normalized spacial score (nSPS) is 28.8. The first-order chi connectivity index (χ1) is 13.1. The molecule has 2 saturated carbocycles. The number of rotatable bonds is 7. The van der Waals surface area contributed by atoms with Gasteiger partial charge < -0.3 is 0 Å². The minimum absolute atomic E-state index is 0.362. The monoisotopic (exact) mass is 375 g/mol. The van der Waals surface area contributed by atoms with Gasteiger partial charge in [0.15, 0.2) is 0 Å². The second kappa shape index (κ2) is 9.66. The molecule has 0 aliphatic heterocycles. The van der Waals surface area contributed by atoms with Crippen molar-refractivity contribution in [3.63, 3.8) is 0 Å². The molecule has 0 unspecified atom stereocenters. The highest BCUT2D eigenvalue weighted by Crippen LogP contribution is 2.40. The van der Waals surface area contributed by atoms with E-state index in [0.29, 0.717) is 5.92 Å². The van der Waals surface area contributed by atoms with Gasteiger partial charge in [0.05, 0.1) is 4.92 Å². The van der Waals surface area contributed by atoms with Gasteiger partial charge >= 0.3 is 5.69 Å². The maximum absolute atomic E-state index is 13.9. The van der Waals surface area contributed by atoms with Gasteiger partial charge in [-0.25, -0.2) is 0 Å². The predicted molar refractivity (Wildman–Crippen MR) is 107 cm³/mol. The molecule has 3 rings (SSSR count). The average molecular weight is 376 g/mol. The molecule has 0 atom stereocenters. The summed E-state index contributed by atoms with van der Waals surface area (Å²) < 4.78 is 13.9. The molecule has 1 aromatic carbocycles. The fourth-order valence-electron chi connectivity index (χ4n) is 5.40. The molecule has 1 aromatic rings. The number of nitro benzene ring substituents is 1. The summed E-state index contributed by atoms with van der Waals surface area (Å²) in [5.41, 5.74) is 0.520. The van der Waals surface area contributed by atoms with Crippen LogP contribution >= 0.6 is 0 Å². The molecular formula is C23H34FNO2. The lowest BCUT2D eigenvalue weighted by Crippen LogP contribution is -2.17. The van der Waals surface area contributed by atoms with Crippen LogP contribution < -0.4 is 0 Å². The van der Waals surface area contributed by atoms with E-state index in [1.54, 1.807) is 6.07 Å². The van der Waals surface area contributed by atoms with Gasteiger partial charge in [0.25, 0.3) is 0 Å². The van der Waals surface area contributed by atoms with Crippen LogP contribution in [0.2, 0.25) is 0 Å². The highest BCUT2D eigenvalue weighted by Gasteiger charge is 2.26. The first kappa shape index (κ1) is 20.3. The molecule has 27 heavy (non-hydrogen) atoms. The fourth-order valence-corrected chi connectivity index (χ4v) is 5.40. The second-order valence-corrected chi connectivity index (χ2v) is 8.94. The van der Waals surface area contributed by atoms with Crippen molar-refractivity contribution < 1.29 is 9.31 Å². The highest BCUT2D eigenvalue weighted by molar-refractivity contribution is 5.36. The molecule has 150 valence electrons. The summed E-state index contributed by atoms with van der Waals surface area (Å²) in [6.45, 7) is 2.30. The Labute approximate surface area is 162 Å². The number of benzene rings is 1. The lowest BCUT2D eigenvalue weighted by molar-refractivity contribution is -0.387. The number of nitrogens with zero attached hydrogens (tertiary/aromatic N) is 1. The SMILES string of the molecule is CCC[C@H]1CC[C@H](CC[C@H]2CC[C@H](c3ccc([N+](=O)[O-])c(F)c3)CC2)CC1. The molecular weight excluding hydrogens is 341 g/mol. The molecule has 0 amide bonds. The Morgan fingerprint density at radius 1 is 0.926 bits per heavy atom. The first-order valence-corrected chi connectivity index (χ1v) is 11.0. The zero-order valence-electron chi connectivity index (χ0n) is 16.7. The third-order valence-electron chi connectivity index (χ3n) is 7.13. The third-order valence-corrected chi connectivity index (χ3v) is 7.13. The van der Waals surface area contributed by atoms with Gasteiger partial charge in [0.2, 0.25) is 5.82 Å². The maximum Gasteiger partial charge on any atom is 0.304 e. The van der Waals surface area contributed by atoms with Crippen molar-refractivity contribution in [1.82, 2.24) is 0 Å². The van der Waals surface area contributed by atoms with Crippen LogP contribution in [0.4, 0.5) is 10.1 Å². The van der Waals surface area contributed by atoms with Crippen molar-refractivity contribution in [2.75, 3.05) is 0 Å². The number of hydrogen-bond acceptors (Lipinski definition) is 2. The Bertz CT molecular complexity index is 617. The second-order valence-electron chi connectivity index (χ2n) is 8.94. The standard InChI is InChI=1S/C23H34FNO2/c1-2-3-17-4-6-18(7-5-17)8-9-19-10-12-20(13-11-19)21-14-15-23(25(26)27)22(24)16-21/h14-20H,2-13H2,1H3/t17-,18-,19-,20-. The fraction of sp³-hybridized carbons (Fsp3) is 0.739. The van der Waals surface area contributed by atoms with Crippen LogP contribution in [0.15, 0.2) is 18.2 Å². The summed E-state index contributed by atoms with van der Waals surface area (Å²) in [5.74, 6) is 2.42. The van der Waals surface area contributed by atoms with Gasteiger partial charge in [-0.15, -0.1) is 0 Å². The van der Waals surface area contributed by atoms with E-state index in [1.807, 2.05) is 0 Å². The van der Waals surface area contributed by atoms with E-state index in [0.717, 1.165) is 36.2 Å². The van der Waals surface area contributed by atoms with E-state index in [1.165, 1.54) is 76.3 Å². The van der Waals surface area contributed by atoms with Gasteiger partial charge in [-0.1, -0.05) is 64.4 Å². The van der Waals surface area contributed by atoms with E-state index in [4.69, 9.17) is 0 Å². The molecule has 0 aromatic heterocycles. The molecule has 0 spiro atoms. The van der Waals surface area contributed by atoms with Gasteiger partial charge in [-0.05, 0) is 61.0 Å². The smallest absolute Gasteiger partial charge is 0.258 e. The molecule has 0 saturated heterocycles. The lowest BCUT2D eigenvalue weighted by atomic mass is 9.74. The van der Waals surface area contributed by atoms with Crippen LogP contribution in [0, 0.1) is 33.7 Å². The summed E-state index contributed by atoms with van der Waals surface area (Å²) in [7, 11) is 0. The molecule has 4 heteroatoms. The quantitative estimate of drug-likeness (QED) is 0.368. The summed E-state index contributed by atoms with van der Waals surface area (Å²) in [6, 6.07) is 4.46. The minimum atomic E-state index is -0.696. The molecule has 2 aliphatic carbocycles. The Morgan fingerprint density at radius 2 is 1.44 bits per heavy atom. The van der Waals surface area contributed by atoms with Crippen LogP contribution in [-0.2, 0) is 0 Å². The van der Waals surface area contributed by atoms with E-state index in [-0.39, 0.29) is 0 Å². The van der Waals surface area contributed by atoms with E-state index in [2.05, 4.69) is 6.92 Å². The van der Waals surface area contributed by atoms with Crippen molar-refractivity contribution in [3.05, 3.63) is 39.7 Å². The van der Waals surface area contributed by atoms with Crippen LogP contribution in [0.3, 0.4) is 0 Å². The molecule has 0 heterocycles. The maximum atomic E-state index is 13.9. The molecule has 2 aliphatic rings. The molecule has 3 nitrogen and oxygen atoms in total. The zero-order valence-corrected chi connectivity index (χ0v) is 16.7. The average Bonchev–Trinajstić information content (AvgIpc) is 2.68. The van der Waals surface area contributed by atoms with Crippen molar-refractivity contribution >= 4 is 5.69 Å². The Balaban J connectivity index is 1.40. The Kier molecular flexibility index (Phi) is 7.26. The van der Waals surface area contributed by atoms with Crippen LogP contribution in [-0.4, -0.2) is 4.92 Å². The largest absolute Gasteiger partial charge is 0.304 e. The van der Waals surface area contributed by atoms with Gasteiger partial charge in [0, 0.05) is 6.07 Å². The van der Waals surface area contributed by atoms with E-state index < -0.39 is 16.4 Å². The first-order valence-electron chi connectivity index (χ1n) is 11.0. The zero-order chi connectivity index (χ0) is 19.2. The summed E-state index contributed by atoms with van der Waals surface area (Å²) in [6.07, 6.45) is 15.8.